The quantitative estimate of drug-likeness (QED) is 0.202. The first-order chi connectivity index (χ1) is 27.9. The SMILES string of the molecule is Cn1c(=O)n(C2CCC(=O)NC2=O)c2ccc(C3CCN(Cc4nnc(-c5ccc6c(F)c(N7CC(=O)NS7(=O)=O)c(OCc7ccccc7)cc6c5)o4)CC3)cc21. The van der Waals surface area contributed by atoms with Gasteiger partial charge < -0.3 is 9.15 Å². The molecule has 0 bridgehead atoms. The van der Waals surface area contributed by atoms with Gasteiger partial charge in [-0.05, 0) is 85.1 Å². The summed E-state index contributed by atoms with van der Waals surface area (Å²) in [5, 5.41) is 11.4. The third kappa shape index (κ3) is 6.76. The van der Waals surface area contributed by atoms with E-state index in [2.05, 4.69) is 20.4 Å². The second-order valence-electron chi connectivity index (χ2n) is 14.8. The first kappa shape index (κ1) is 37.2. The zero-order valence-corrected chi connectivity index (χ0v) is 32.0. The summed E-state index contributed by atoms with van der Waals surface area (Å²) in [5.41, 5.74) is 3.11. The van der Waals surface area contributed by atoms with Gasteiger partial charge >= 0.3 is 15.9 Å². The Balaban J connectivity index is 0.904. The van der Waals surface area contributed by atoms with Gasteiger partial charge in [0.25, 0.3) is 5.91 Å². The van der Waals surface area contributed by atoms with Crippen LogP contribution in [0.3, 0.4) is 0 Å². The van der Waals surface area contributed by atoms with E-state index in [0.717, 1.165) is 42.6 Å². The zero-order chi connectivity index (χ0) is 40.3. The van der Waals surface area contributed by atoms with Gasteiger partial charge in [-0.25, -0.2) is 18.2 Å². The van der Waals surface area contributed by atoms with Crippen molar-refractivity contribution in [1.82, 2.24) is 34.3 Å². The highest BCUT2D eigenvalue weighted by Crippen LogP contribution is 2.41. The average Bonchev–Trinajstić information content (AvgIpc) is 3.86. The lowest BCUT2D eigenvalue weighted by atomic mass is 9.89. The third-order valence-corrected chi connectivity index (χ3v) is 12.5. The molecular formula is C40H37FN8O8S. The van der Waals surface area contributed by atoms with Crippen molar-refractivity contribution in [2.75, 3.05) is 23.9 Å². The molecule has 16 nitrogen and oxygen atoms in total. The topological polar surface area (TPSA) is 191 Å². The molecule has 0 radical (unpaired) electrons. The fraction of sp³-hybridized carbons (Fsp3) is 0.300. The summed E-state index contributed by atoms with van der Waals surface area (Å²) in [5.74, 6) is -1.63. The molecule has 2 aromatic heterocycles. The molecule has 1 unspecified atom stereocenters. The van der Waals surface area contributed by atoms with Crippen molar-refractivity contribution in [1.29, 1.82) is 0 Å². The van der Waals surface area contributed by atoms with Crippen molar-refractivity contribution >= 4 is 55.4 Å². The number of hydrogen-bond donors (Lipinski definition) is 2. The van der Waals surface area contributed by atoms with Crippen LogP contribution in [0, 0.1) is 5.82 Å². The van der Waals surface area contributed by atoms with Gasteiger partial charge in [-0.2, -0.15) is 8.42 Å². The minimum absolute atomic E-state index is 0.0227. The molecule has 2 N–H and O–H groups in total. The number of carbonyl (C=O) groups excluding carboxylic acids is 3. The lowest BCUT2D eigenvalue weighted by molar-refractivity contribution is -0.135. The molecule has 3 saturated heterocycles. The molecular weight excluding hydrogens is 772 g/mol. The van der Waals surface area contributed by atoms with E-state index in [1.54, 1.807) is 23.7 Å². The monoisotopic (exact) mass is 808 g/mol. The highest BCUT2D eigenvalue weighted by Gasteiger charge is 2.38. The second kappa shape index (κ2) is 14.5. The van der Waals surface area contributed by atoms with Crippen LogP contribution in [-0.2, 0) is 44.8 Å². The average molecular weight is 809 g/mol. The number of aromatic nitrogens is 4. The predicted octanol–water partition coefficient (Wildman–Crippen LogP) is 3.80. The van der Waals surface area contributed by atoms with E-state index in [0.29, 0.717) is 33.2 Å². The Morgan fingerprint density at radius 3 is 2.45 bits per heavy atom. The normalized spacial score (nSPS) is 18.9. The number of imidazole rings is 1. The molecule has 0 saturated carbocycles. The number of hydrogen-bond acceptors (Lipinski definition) is 11. The van der Waals surface area contributed by atoms with Crippen LogP contribution in [0.2, 0.25) is 0 Å². The maximum Gasteiger partial charge on any atom is 0.329 e. The number of anilines is 1. The molecule has 3 aliphatic heterocycles. The van der Waals surface area contributed by atoms with Gasteiger partial charge in [-0.3, -0.25) is 33.7 Å². The number of carbonyl (C=O) groups is 3. The fourth-order valence-electron chi connectivity index (χ4n) is 8.10. The number of nitrogens with one attached hydrogen (secondary N) is 2. The number of benzene rings is 4. The fourth-order valence-corrected chi connectivity index (χ4v) is 9.26. The number of fused-ring (bicyclic) bond motifs is 2. The Kier molecular flexibility index (Phi) is 9.31. The molecule has 0 aliphatic carbocycles. The van der Waals surface area contributed by atoms with Crippen molar-refractivity contribution in [3.63, 3.8) is 0 Å². The van der Waals surface area contributed by atoms with Crippen LogP contribution < -0.4 is 24.8 Å². The Hall–Kier alpha value is -6.40. The summed E-state index contributed by atoms with van der Waals surface area (Å²) in [4.78, 5) is 51.8. The maximum atomic E-state index is 16.3. The van der Waals surface area contributed by atoms with E-state index in [-0.39, 0.29) is 59.7 Å². The summed E-state index contributed by atoms with van der Waals surface area (Å²) in [6.07, 6.45) is 2.16. The molecule has 6 aromatic rings. The smallest absolute Gasteiger partial charge is 0.329 e. The molecule has 9 rings (SSSR count). The van der Waals surface area contributed by atoms with Crippen molar-refractivity contribution in [3.05, 3.63) is 106 Å². The van der Waals surface area contributed by atoms with Crippen LogP contribution >= 0.6 is 0 Å². The zero-order valence-electron chi connectivity index (χ0n) is 31.2. The largest absolute Gasteiger partial charge is 0.487 e. The van der Waals surface area contributed by atoms with Crippen LogP contribution in [0.4, 0.5) is 10.1 Å². The van der Waals surface area contributed by atoms with Crippen molar-refractivity contribution in [2.24, 2.45) is 7.05 Å². The number of amides is 3. The van der Waals surface area contributed by atoms with Gasteiger partial charge in [-0.15, -0.1) is 10.2 Å². The molecule has 1 atom stereocenters. The number of likely N-dealkylation sites (tertiary alicyclic amines) is 1. The highest BCUT2D eigenvalue weighted by molar-refractivity contribution is 7.92. The second-order valence-corrected chi connectivity index (χ2v) is 16.4. The molecule has 18 heteroatoms. The minimum atomic E-state index is -4.34. The molecule has 3 amide bonds. The Labute approximate surface area is 330 Å². The van der Waals surface area contributed by atoms with Crippen LogP contribution in [0.5, 0.6) is 5.75 Å². The number of piperidine rings is 2. The lowest BCUT2D eigenvalue weighted by Gasteiger charge is -2.31. The lowest BCUT2D eigenvalue weighted by Crippen LogP contribution is -2.44. The first-order valence-corrected chi connectivity index (χ1v) is 20.2. The van der Waals surface area contributed by atoms with Gasteiger partial charge in [0.1, 0.15) is 30.6 Å². The summed E-state index contributed by atoms with van der Waals surface area (Å²) >= 11 is 0. The van der Waals surface area contributed by atoms with Crippen molar-refractivity contribution < 1.29 is 36.3 Å². The van der Waals surface area contributed by atoms with E-state index in [4.69, 9.17) is 9.15 Å². The van der Waals surface area contributed by atoms with Crippen LogP contribution in [-0.4, -0.2) is 70.0 Å². The molecule has 298 valence electrons. The Morgan fingerprint density at radius 2 is 1.71 bits per heavy atom. The van der Waals surface area contributed by atoms with E-state index in [1.165, 1.54) is 16.7 Å². The van der Waals surface area contributed by atoms with Gasteiger partial charge in [0.2, 0.25) is 23.6 Å². The molecule has 4 aromatic carbocycles. The van der Waals surface area contributed by atoms with Crippen molar-refractivity contribution in [2.45, 2.75) is 50.8 Å². The highest BCUT2D eigenvalue weighted by atomic mass is 32.2. The number of halogens is 1. The summed E-state index contributed by atoms with van der Waals surface area (Å²) in [6.45, 7) is 1.37. The van der Waals surface area contributed by atoms with E-state index in [9.17, 15) is 27.6 Å². The number of imide groups is 1. The van der Waals surface area contributed by atoms with Gasteiger partial charge in [0.15, 0.2) is 5.82 Å². The maximum absolute atomic E-state index is 16.3. The third-order valence-electron chi connectivity index (χ3n) is 11.1. The Morgan fingerprint density at radius 1 is 0.914 bits per heavy atom. The standard InChI is InChI=1S/C40H37FN8O8S/c1-46-31-18-25(8-10-29(31)49(40(46)53)30-11-12-33(50)42-38(30)52)24-13-15-47(16-14-24)21-35-43-44-39(57-35)26-7-9-28-27(17-26)19-32(56-22-23-5-3-2-4-6-23)37(36(28)41)48-20-34(51)45-58(48,54)55/h2-10,17-19,24,30H,11-16,20-22H2,1H3,(H,45,51)(H,42,50,52). The minimum Gasteiger partial charge on any atom is -0.487 e. The van der Waals surface area contributed by atoms with E-state index >= 15 is 4.39 Å². The van der Waals surface area contributed by atoms with Gasteiger partial charge in [0.05, 0.1) is 17.6 Å². The molecule has 3 fully saturated rings. The molecule has 3 aliphatic rings. The summed E-state index contributed by atoms with van der Waals surface area (Å²) < 4.78 is 59.6. The molecule has 0 spiro atoms. The van der Waals surface area contributed by atoms with Crippen LogP contribution in [0.25, 0.3) is 33.3 Å². The van der Waals surface area contributed by atoms with E-state index < -0.39 is 40.4 Å². The summed E-state index contributed by atoms with van der Waals surface area (Å²) in [7, 11) is -2.65. The predicted molar refractivity (Wildman–Crippen MR) is 208 cm³/mol. The number of nitrogens with zero attached hydrogens (tertiary/aromatic N) is 6. The number of aryl methyl sites for hydroxylation is 1. The molecule has 5 heterocycles. The Bertz CT molecular complexity index is 2810. The van der Waals surface area contributed by atoms with Gasteiger partial charge in [-0.1, -0.05) is 42.5 Å². The number of rotatable bonds is 9. The number of ether oxygens (including phenoxy) is 1. The molecule has 58 heavy (non-hydrogen) atoms. The van der Waals surface area contributed by atoms with Crippen molar-refractivity contribution in [3.8, 4) is 17.2 Å². The van der Waals surface area contributed by atoms with Crippen LogP contribution in [0.15, 0.2) is 82.0 Å². The summed E-state index contributed by atoms with van der Waals surface area (Å²) in [6, 6.07) is 20.6. The van der Waals surface area contributed by atoms with Crippen LogP contribution in [0.1, 0.15) is 54.7 Å². The first-order valence-electron chi connectivity index (χ1n) is 18.8. The van der Waals surface area contributed by atoms with E-state index in [1.807, 2.05) is 53.3 Å². The van der Waals surface area contributed by atoms with Gasteiger partial charge in [0, 0.05) is 24.4 Å².